The maximum absolute atomic E-state index is 15.2. The lowest BCUT2D eigenvalue weighted by atomic mass is 9.94. The molecular formula is C25H29F2N9O3. The Morgan fingerprint density at radius 3 is 2.54 bits per heavy atom. The van der Waals surface area contributed by atoms with Crippen molar-refractivity contribution in [2.45, 2.75) is 18.9 Å². The number of halogens is 2. The number of nitrogens with one attached hydrogen (secondary N) is 1. The average molecular weight is 552 g/mol. The average Bonchev–Trinajstić information content (AvgIpc) is 3.28. The van der Waals surface area contributed by atoms with Gasteiger partial charge in [0.15, 0.2) is 23.1 Å². The molecule has 0 aliphatic carbocycles. The summed E-state index contributed by atoms with van der Waals surface area (Å²) in [6.07, 6.45) is 3.80. The Bertz CT molecular complexity index is 1720. The zero-order valence-corrected chi connectivity index (χ0v) is 20.4. The summed E-state index contributed by atoms with van der Waals surface area (Å²) >= 11 is 0. The number of carbonyl (C=O) groups excluding carboxylic acids is 2. The van der Waals surface area contributed by atoms with Crippen LogP contribution in [0.25, 0.3) is 5.65 Å². The van der Waals surface area contributed by atoms with Gasteiger partial charge in [-0.15, -0.1) is 5.10 Å². The highest BCUT2D eigenvalue weighted by molar-refractivity contribution is 6.12. The van der Waals surface area contributed by atoms with Crippen molar-refractivity contribution in [1.82, 2.24) is 29.4 Å². The number of pyridine rings is 1. The van der Waals surface area contributed by atoms with Gasteiger partial charge < -0.3 is 25.6 Å². The lowest BCUT2D eigenvalue weighted by Crippen LogP contribution is -2.58. The number of aromatic nitrogens is 4. The number of anilines is 3. The first-order valence-electron chi connectivity index (χ1n) is 16.1. The third-order valence-electron chi connectivity index (χ3n) is 6.75. The first kappa shape index (κ1) is 17.6. The van der Waals surface area contributed by atoms with E-state index >= 15 is 4.39 Å². The van der Waals surface area contributed by atoms with Crippen LogP contribution in [0, 0.1) is 17.6 Å². The molecule has 3 N–H and O–H groups in total. The molecule has 39 heavy (non-hydrogen) atoms. The van der Waals surface area contributed by atoms with Crippen LogP contribution in [0.2, 0.25) is 0 Å². The maximum atomic E-state index is 15.2. The van der Waals surface area contributed by atoms with Gasteiger partial charge in [-0.2, -0.15) is 0 Å². The molecule has 14 heteroatoms. The highest BCUT2D eigenvalue weighted by Crippen LogP contribution is 2.33. The SMILES string of the molecule is [2H]C1([2H])N(C(=O)C2CCN(c3c(F)cncc3N[13C](=O)[13c]3c(N)nn4cc(F)cnc34)CC2)C([2H])([2H])C([2H])([2H])N(C2COC2)C1([2H])[2H]. The number of ether oxygens (including phenoxy) is 1. The van der Waals surface area contributed by atoms with Crippen LogP contribution in [-0.4, -0.2) is 99.5 Å². The number of nitrogen functional groups attached to an aromatic ring is 1. The molecule has 6 rings (SSSR count). The number of piperidine rings is 1. The summed E-state index contributed by atoms with van der Waals surface area (Å²) < 4.78 is 103. The molecule has 206 valence electrons. The minimum atomic E-state index is -3.29. The molecule has 3 aliphatic heterocycles. The Morgan fingerprint density at radius 2 is 1.85 bits per heavy atom. The minimum absolute atomic E-state index is 0.0366. The number of hydrogen-bond acceptors (Lipinski definition) is 9. The van der Waals surface area contributed by atoms with E-state index in [1.54, 1.807) is 0 Å². The first-order valence-corrected chi connectivity index (χ1v) is 12.1. The summed E-state index contributed by atoms with van der Waals surface area (Å²) in [4.78, 5) is 36.7. The minimum Gasteiger partial charge on any atom is -0.381 e. The summed E-state index contributed by atoms with van der Waals surface area (Å²) in [6, 6.07) is -0.945. The smallest absolute Gasteiger partial charge is 0.263 e. The largest absolute Gasteiger partial charge is 0.381 e. The van der Waals surface area contributed by atoms with E-state index in [4.69, 9.17) is 21.4 Å². The van der Waals surface area contributed by atoms with Crippen molar-refractivity contribution in [3.63, 3.8) is 0 Å². The second-order valence-corrected chi connectivity index (χ2v) is 9.22. The molecule has 0 bridgehead atoms. The molecule has 2 amide bonds. The third-order valence-corrected chi connectivity index (χ3v) is 6.75. The fourth-order valence-corrected chi connectivity index (χ4v) is 4.63. The fraction of sp³-hybridized carbons (Fsp3) is 0.480. The summed E-state index contributed by atoms with van der Waals surface area (Å²) in [7, 11) is 0. The van der Waals surface area contributed by atoms with Gasteiger partial charge in [0, 0.05) is 50.5 Å². The van der Waals surface area contributed by atoms with Crippen LogP contribution in [0.15, 0.2) is 24.8 Å². The lowest BCUT2D eigenvalue weighted by molar-refractivity contribution is -0.140. The summed E-state index contributed by atoms with van der Waals surface area (Å²) in [6.45, 7) is -13.2. The van der Waals surface area contributed by atoms with Gasteiger partial charge in [0.1, 0.15) is 11.3 Å². The Labute approximate surface area is 234 Å². The Kier molecular flexibility index (Phi) is 4.67. The molecule has 0 radical (unpaired) electrons. The predicted octanol–water partition coefficient (Wildman–Crippen LogP) is 0.996. The molecule has 3 fully saturated rings. The maximum Gasteiger partial charge on any atom is 0.263 e. The third kappa shape index (κ3) is 4.85. The quantitative estimate of drug-likeness (QED) is 0.446. The zero-order chi connectivity index (χ0) is 34.3. The normalized spacial score (nSPS) is 27.5. The highest BCUT2D eigenvalue weighted by atomic mass is 19.1. The van der Waals surface area contributed by atoms with Crippen molar-refractivity contribution in [2.75, 3.05) is 68.2 Å². The van der Waals surface area contributed by atoms with Crippen molar-refractivity contribution in [3.05, 3.63) is 42.0 Å². The molecule has 3 aliphatic rings. The number of hydrogen-bond donors (Lipinski definition) is 2. The van der Waals surface area contributed by atoms with Gasteiger partial charge in [-0.25, -0.2) is 18.3 Å². The molecule has 3 aromatic heterocycles. The number of fused-ring (bicyclic) bond motifs is 1. The van der Waals surface area contributed by atoms with Crippen LogP contribution < -0.4 is 16.0 Å². The van der Waals surface area contributed by atoms with E-state index in [9.17, 15) is 14.0 Å². The van der Waals surface area contributed by atoms with Gasteiger partial charge in [-0.3, -0.25) is 19.5 Å². The van der Waals surface area contributed by atoms with E-state index in [-0.39, 0.29) is 72.4 Å². The van der Waals surface area contributed by atoms with E-state index in [0.29, 0.717) is 4.90 Å². The molecule has 3 saturated heterocycles. The van der Waals surface area contributed by atoms with Gasteiger partial charge in [0.25, 0.3) is 5.91 Å². The monoisotopic (exact) mass is 551 g/mol. The Balaban J connectivity index is 1.22. The standard InChI is InChI=1S/C25H29F2N9O3/c26-16-9-30-23-20(22(28)32-36(23)12-16)24(37)31-19-11-29-10-18(27)21(19)34-3-1-15(2-4-34)25(38)35-7-5-33(6-8-35)17-13-39-14-17/h9-12,15,17H,1-8,13-14H2,(H2,28,32)(H,31,37)/i5D2,6D2,7D2,8D2,20+1,24+1. The summed E-state index contributed by atoms with van der Waals surface area (Å²) in [5, 5.41) is 6.40. The Hall–Kier alpha value is -3.91. The molecule has 6 heterocycles. The van der Waals surface area contributed by atoms with Crippen LogP contribution in [0.4, 0.5) is 26.0 Å². The van der Waals surface area contributed by atoms with Crippen LogP contribution >= 0.6 is 0 Å². The number of piperazine rings is 1. The number of rotatable bonds is 5. The zero-order valence-electron chi connectivity index (χ0n) is 28.4. The molecule has 0 saturated carbocycles. The fourth-order valence-electron chi connectivity index (χ4n) is 4.63. The number of carbonyl (C=O) groups is 2. The number of amides is 2. The molecule has 0 unspecified atom stereocenters. The topological polar surface area (TPSA) is 134 Å². The first-order chi connectivity index (χ1) is 21.9. The summed E-state index contributed by atoms with van der Waals surface area (Å²) in [5.41, 5.74) is 5.46. The van der Waals surface area contributed by atoms with Gasteiger partial charge in [-0.05, 0) is 12.8 Å². The molecule has 12 nitrogen and oxygen atoms in total. The van der Waals surface area contributed by atoms with E-state index in [1.807, 2.05) is 0 Å². The van der Waals surface area contributed by atoms with Crippen molar-refractivity contribution in [2.24, 2.45) is 5.92 Å². The van der Waals surface area contributed by atoms with E-state index in [1.165, 1.54) is 11.1 Å². The van der Waals surface area contributed by atoms with Gasteiger partial charge in [0.2, 0.25) is 5.91 Å². The van der Waals surface area contributed by atoms with Crippen molar-refractivity contribution >= 4 is 34.7 Å². The second kappa shape index (κ2) is 10.3. The number of nitrogens with zero attached hydrogens (tertiary/aromatic N) is 7. The highest BCUT2D eigenvalue weighted by Gasteiger charge is 2.34. The molecule has 0 aromatic carbocycles. The van der Waals surface area contributed by atoms with E-state index in [0.717, 1.165) is 23.1 Å². The molecule has 0 spiro atoms. The lowest BCUT2D eigenvalue weighted by Gasteiger charge is -2.43. The second-order valence-electron chi connectivity index (χ2n) is 9.22. The van der Waals surface area contributed by atoms with Crippen LogP contribution in [0.1, 0.15) is 34.2 Å². The van der Waals surface area contributed by atoms with E-state index < -0.39 is 61.4 Å². The molecular weight excluding hydrogens is 514 g/mol. The van der Waals surface area contributed by atoms with Crippen molar-refractivity contribution in [3.8, 4) is 0 Å². The Morgan fingerprint density at radius 1 is 1.10 bits per heavy atom. The molecule has 3 aromatic rings. The van der Waals surface area contributed by atoms with Gasteiger partial charge >= 0.3 is 0 Å². The molecule has 0 atom stereocenters. The summed E-state index contributed by atoms with van der Waals surface area (Å²) in [5.74, 6) is -4.85. The van der Waals surface area contributed by atoms with Crippen LogP contribution in [0.3, 0.4) is 0 Å². The van der Waals surface area contributed by atoms with E-state index in [2.05, 4.69) is 20.4 Å². The van der Waals surface area contributed by atoms with Crippen molar-refractivity contribution < 1.29 is 34.1 Å². The number of nitrogens with two attached hydrogens (primary N) is 1. The van der Waals surface area contributed by atoms with Gasteiger partial charge in [-0.1, -0.05) is 0 Å². The van der Waals surface area contributed by atoms with Crippen LogP contribution in [-0.2, 0) is 9.53 Å². The van der Waals surface area contributed by atoms with Gasteiger partial charge in [0.05, 0.1) is 55.2 Å². The van der Waals surface area contributed by atoms with Crippen LogP contribution in [0.5, 0.6) is 0 Å². The predicted molar refractivity (Wildman–Crippen MR) is 137 cm³/mol. The van der Waals surface area contributed by atoms with Crippen molar-refractivity contribution in [1.29, 1.82) is 0 Å².